The summed E-state index contributed by atoms with van der Waals surface area (Å²) in [4.78, 5) is 50.1. The topological polar surface area (TPSA) is 101 Å². The van der Waals surface area contributed by atoms with Gasteiger partial charge >= 0.3 is 0 Å². The van der Waals surface area contributed by atoms with Crippen LogP contribution in [0.3, 0.4) is 0 Å². The summed E-state index contributed by atoms with van der Waals surface area (Å²) < 4.78 is 0. The van der Waals surface area contributed by atoms with Gasteiger partial charge in [0, 0.05) is 19.2 Å². The van der Waals surface area contributed by atoms with Crippen molar-refractivity contribution >= 4 is 23.4 Å². The van der Waals surface area contributed by atoms with Crippen molar-refractivity contribution in [1.29, 1.82) is 0 Å². The molecule has 3 amide bonds. The Morgan fingerprint density at radius 2 is 1.74 bits per heavy atom. The van der Waals surface area contributed by atoms with Crippen LogP contribution >= 0.6 is 0 Å². The molecular formula is C19H17N3O5. The van der Waals surface area contributed by atoms with Crippen LogP contribution in [-0.2, 0) is 4.79 Å². The van der Waals surface area contributed by atoms with Crippen LogP contribution in [0.5, 0.6) is 0 Å². The monoisotopic (exact) mass is 367 g/mol. The van der Waals surface area contributed by atoms with E-state index < -0.39 is 29.2 Å². The molecule has 27 heavy (non-hydrogen) atoms. The van der Waals surface area contributed by atoms with Gasteiger partial charge in [0.25, 0.3) is 17.5 Å². The van der Waals surface area contributed by atoms with E-state index in [1.54, 1.807) is 7.05 Å². The van der Waals surface area contributed by atoms with Gasteiger partial charge in [-0.15, -0.1) is 0 Å². The van der Waals surface area contributed by atoms with Gasteiger partial charge in [0.1, 0.15) is 6.54 Å². The number of carbonyl (C=O) groups excluding carboxylic acids is 3. The minimum atomic E-state index is -0.701. The second-order valence-corrected chi connectivity index (χ2v) is 6.27. The lowest BCUT2D eigenvalue weighted by atomic mass is 10.1. The molecule has 0 aliphatic carbocycles. The lowest BCUT2D eigenvalue weighted by molar-refractivity contribution is -0.384. The quantitative estimate of drug-likeness (QED) is 0.459. The summed E-state index contributed by atoms with van der Waals surface area (Å²) in [5, 5.41) is 10.9. The van der Waals surface area contributed by atoms with Gasteiger partial charge in [0.2, 0.25) is 5.91 Å². The van der Waals surface area contributed by atoms with Gasteiger partial charge < -0.3 is 4.90 Å². The Kier molecular flexibility index (Phi) is 4.72. The average molecular weight is 367 g/mol. The summed E-state index contributed by atoms with van der Waals surface area (Å²) in [5.41, 5.74) is 0.655. The Morgan fingerprint density at radius 1 is 1.11 bits per heavy atom. The first-order valence-electron chi connectivity index (χ1n) is 8.26. The Morgan fingerprint density at radius 3 is 2.37 bits per heavy atom. The summed E-state index contributed by atoms with van der Waals surface area (Å²) in [6.45, 7) is 1.42. The Bertz CT molecular complexity index is 942. The molecule has 138 valence electrons. The number of nitro benzene ring substituents is 1. The largest absolute Gasteiger partial charge is 0.337 e. The predicted octanol–water partition coefficient (Wildman–Crippen LogP) is 2.41. The Labute approximate surface area is 155 Å². The smallest absolute Gasteiger partial charge is 0.270 e. The van der Waals surface area contributed by atoms with E-state index in [4.69, 9.17) is 0 Å². The Balaban J connectivity index is 1.77. The Hall–Kier alpha value is -3.55. The van der Waals surface area contributed by atoms with E-state index in [0.717, 1.165) is 16.5 Å². The molecule has 0 radical (unpaired) electrons. The zero-order valence-corrected chi connectivity index (χ0v) is 14.8. The van der Waals surface area contributed by atoms with E-state index in [-0.39, 0.29) is 22.9 Å². The van der Waals surface area contributed by atoms with Crippen LogP contribution in [0.25, 0.3) is 0 Å². The number of imide groups is 1. The first-order chi connectivity index (χ1) is 12.8. The highest BCUT2D eigenvalue weighted by atomic mass is 16.6. The van der Waals surface area contributed by atoms with Crippen molar-refractivity contribution in [3.05, 3.63) is 75.3 Å². The maximum Gasteiger partial charge on any atom is 0.270 e. The third kappa shape index (κ3) is 3.29. The van der Waals surface area contributed by atoms with Crippen molar-refractivity contribution in [2.24, 2.45) is 0 Å². The molecule has 1 aliphatic rings. The van der Waals surface area contributed by atoms with Crippen LogP contribution in [0.2, 0.25) is 0 Å². The normalized spacial score (nSPS) is 14.1. The highest BCUT2D eigenvalue weighted by Gasteiger charge is 2.38. The van der Waals surface area contributed by atoms with Crippen molar-refractivity contribution < 1.29 is 19.3 Å². The van der Waals surface area contributed by atoms with E-state index in [9.17, 15) is 24.5 Å². The number of hydrogen-bond acceptors (Lipinski definition) is 5. The fourth-order valence-electron chi connectivity index (χ4n) is 2.95. The molecule has 0 bridgehead atoms. The first-order valence-corrected chi connectivity index (χ1v) is 8.26. The van der Waals surface area contributed by atoms with Gasteiger partial charge in [0.15, 0.2) is 0 Å². The van der Waals surface area contributed by atoms with Crippen LogP contribution in [0, 0.1) is 10.1 Å². The van der Waals surface area contributed by atoms with E-state index in [2.05, 4.69) is 0 Å². The molecule has 0 saturated heterocycles. The van der Waals surface area contributed by atoms with Gasteiger partial charge in [-0.3, -0.25) is 29.4 Å². The number of nitro groups is 1. The number of carbonyl (C=O) groups is 3. The van der Waals surface area contributed by atoms with E-state index >= 15 is 0 Å². The van der Waals surface area contributed by atoms with Crippen molar-refractivity contribution in [2.45, 2.75) is 13.0 Å². The van der Waals surface area contributed by atoms with Crippen LogP contribution in [-0.4, -0.2) is 46.0 Å². The first kappa shape index (κ1) is 18.2. The SMILES string of the molecule is CC(c1ccccc1)N(C)C(=O)CN1C(=O)c2ccc([N+](=O)[O-])cc2C1=O. The molecule has 0 saturated carbocycles. The van der Waals surface area contributed by atoms with Crippen LogP contribution in [0.4, 0.5) is 5.69 Å². The third-order valence-corrected chi connectivity index (χ3v) is 4.71. The molecular weight excluding hydrogens is 350 g/mol. The summed E-state index contributed by atoms with van der Waals surface area (Å²) >= 11 is 0. The summed E-state index contributed by atoms with van der Waals surface area (Å²) in [5.74, 6) is -1.73. The molecule has 0 fully saturated rings. The number of hydrogen-bond donors (Lipinski definition) is 0. The van der Waals surface area contributed by atoms with Gasteiger partial charge in [0.05, 0.1) is 22.1 Å². The number of nitrogens with zero attached hydrogens (tertiary/aromatic N) is 3. The highest BCUT2D eigenvalue weighted by Crippen LogP contribution is 2.27. The number of non-ortho nitro benzene ring substituents is 1. The molecule has 3 rings (SSSR count). The average Bonchev–Trinajstić information content (AvgIpc) is 2.91. The van der Waals surface area contributed by atoms with Crippen LogP contribution in [0.15, 0.2) is 48.5 Å². The molecule has 0 spiro atoms. The van der Waals surface area contributed by atoms with E-state index in [0.29, 0.717) is 0 Å². The molecule has 8 nitrogen and oxygen atoms in total. The molecule has 1 atom stereocenters. The van der Waals surface area contributed by atoms with Gasteiger partial charge in [-0.1, -0.05) is 30.3 Å². The molecule has 2 aromatic carbocycles. The summed E-state index contributed by atoms with van der Waals surface area (Å²) in [6.07, 6.45) is 0. The minimum Gasteiger partial charge on any atom is -0.337 e. The molecule has 2 aromatic rings. The van der Waals surface area contributed by atoms with Crippen LogP contribution in [0.1, 0.15) is 39.2 Å². The van der Waals surface area contributed by atoms with E-state index in [1.807, 2.05) is 37.3 Å². The van der Waals surface area contributed by atoms with Crippen molar-refractivity contribution in [3.8, 4) is 0 Å². The molecule has 1 aliphatic heterocycles. The van der Waals surface area contributed by atoms with Crippen LogP contribution < -0.4 is 0 Å². The molecule has 1 heterocycles. The molecule has 1 unspecified atom stereocenters. The second kappa shape index (κ2) is 6.99. The van der Waals surface area contributed by atoms with Crippen molar-refractivity contribution in [2.75, 3.05) is 13.6 Å². The molecule has 8 heteroatoms. The number of amides is 3. The van der Waals surface area contributed by atoms with Crippen molar-refractivity contribution in [3.63, 3.8) is 0 Å². The van der Waals surface area contributed by atoms with E-state index in [1.165, 1.54) is 17.0 Å². The lowest BCUT2D eigenvalue weighted by Gasteiger charge is -2.27. The predicted molar refractivity (Wildman–Crippen MR) is 96.1 cm³/mol. The zero-order valence-electron chi connectivity index (χ0n) is 14.8. The summed E-state index contributed by atoms with van der Waals surface area (Å²) in [6, 6.07) is 12.6. The summed E-state index contributed by atoms with van der Waals surface area (Å²) in [7, 11) is 1.60. The standard InChI is InChI=1S/C19H17N3O5/c1-12(13-6-4-3-5-7-13)20(2)17(23)11-21-18(24)15-9-8-14(22(26)27)10-16(15)19(21)25/h3-10,12H,11H2,1-2H3. The number of benzene rings is 2. The number of fused-ring (bicyclic) bond motifs is 1. The van der Waals surface area contributed by atoms with Gasteiger partial charge in [-0.25, -0.2) is 0 Å². The maximum atomic E-state index is 12.6. The fourth-order valence-corrected chi connectivity index (χ4v) is 2.95. The molecule has 0 aromatic heterocycles. The van der Waals surface area contributed by atoms with Crippen molar-refractivity contribution in [1.82, 2.24) is 9.80 Å². The van der Waals surface area contributed by atoms with Gasteiger partial charge in [-0.05, 0) is 18.6 Å². The number of rotatable bonds is 5. The fraction of sp³-hybridized carbons (Fsp3) is 0.211. The highest BCUT2D eigenvalue weighted by molar-refractivity contribution is 6.22. The zero-order chi connectivity index (χ0) is 19.7. The molecule has 0 N–H and O–H groups in total. The minimum absolute atomic E-state index is 0.0549. The number of likely N-dealkylation sites (N-methyl/N-ethyl adjacent to an activating group) is 1. The lowest BCUT2D eigenvalue weighted by Crippen LogP contribution is -2.42. The van der Waals surface area contributed by atoms with Gasteiger partial charge in [-0.2, -0.15) is 0 Å². The second-order valence-electron chi connectivity index (χ2n) is 6.27. The maximum absolute atomic E-state index is 12.6. The third-order valence-electron chi connectivity index (χ3n) is 4.71.